The first-order valence-corrected chi connectivity index (χ1v) is 8.26. The molecule has 0 atom stereocenters. The summed E-state index contributed by atoms with van der Waals surface area (Å²) in [5.41, 5.74) is 0.145. The summed E-state index contributed by atoms with van der Waals surface area (Å²) in [4.78, 5) is 0. The minimum Gasteiger partial charge on any atom is -0.399 e. The van der Waals surface area contributed by atoms with Gasteiger partial charge in [0.15, 0.2) is 11.6 Å². The molecule has 0 heterocycles. The van der Waals surface area contributed by atoms with E-state index in [-0.39, 0.29) is 16.3 Å². The summed E-state index contributed by atoms with van der Waals surface area (Å²) in [5.74, 6) is -1.53. The number of rotatable bonds is 2. The summed E-state index contributed by atoms with van der Waals surface area (Å²) in [6.07, 6.45) is -4.83. The molecular formula is C21H11F7O. The maximum atomic E-state index is 14.2. The van der Waals surface area contributed by atoms with Crippen molar-refractivity contribution in [3.8, 4) is 17.6 Å². The molecule has 0 bridgehead atoms. The zero-order valence-electron chi connectivity index (χ0n) is 14.7. The zero-order valence-corrected chi connectivity index (χ0v) is 14.7. The Bertz CT molecular complexity index is 1130. The van der Waals surface area contributed by atoms with Crippen molar-refractivity contribution in [3.63, 3.8) is 0 Å². The predicted octanol–water partition coefficient (Wildman–Crippen LogP) is 6.26. The zero-order chi connectivity index (χ0) is 21.3. The molecule has 0 aliphatic heterocycles. The van der Waals surface area contributed by atoms with Gasteiger partial charge < -0.3 is 4.74 Å². The van der Waals surface area contributed by atoms with Crippen LogP contribution < -0.4 is 4.74 Å². The second kappa shape index (κ2) is 7.66. The van der Waals surface area contributed by atoms with Crippen LogP contribution in [0.5, 0.6) is 5.75 Å². The normalized spacial score (nSPS) is 11.3. The lowest BCUT2D eigenvalue weighted by Crippen LogP contribution is -2.19. The highest BCUT2D eigenvalue weighted by Crippen LogP contribution is 2.33. The van der Waals surface area contributed by atoms with Crippen LogP contribution in [-0.4, -0.2) is 6.36 Å². The van der Waals surface area contributed by atoms with E-state index in [1.165, 1.54) is 12.1 Å². The van der Waals surface area contributed by atoms with E-state index < -0.39 is 40.9 Å². The van der Waals surface area contributed by atoms with E-state index in [0.29, 0.717) is 18.1 Å². The van der Waals surface area contributed by atoms with Crippen LogP contribution in [0.3, 0.4) is 0 Å². The highest BCUT2D eigenvalue weighted by molar-refractivity contribution is 5.86. The van der Waals surface area contributed by atoms with Crippen molar-refractivity contribution in [3.05, 3.63) is 76.4 Å². The lowest BCUT2D eigenvalue weighted by Gasteiger charge is -2.12. The molecule has 0 N–H and O–H groups in total. The minimum absolute atomic E-state index is 0.0939. The summed E-state index contributed by atoms with van der Waals surface area (Å²) in [5, 5.41) is -0.426. The summed E-state index contributed by atoms with van der Waals surface area (Å²) in [7, 11) is 0. The number of halogens is 7. The van der Waals surface area contributed by atoms with Gasteiger partial charge in [-0.25, -0.2) is 17.6 Å². The van der Waals surface area contributed by atoms with Crippen molar-refractivity contribution in [2.24, 2.45) is 0 Å². The van der Waals surface area contributed by atoms with Crippen molar-refractivity contribution in [2.45, 2.75) is 19.7 Å². The SMILES string of the molecule is CCc1cc(F)c(C#Cc2ccc3c(F)c(OC(F)(F)F)c(F)cc3c2)c(F)c1. The van der Waals surface area contributed by atoms with Crippen molar-refractivity contribution in [1.82, 2.24) is 0 Å². The van der Waals surface area contributed by atoms with Crippen molar-refractivity contribution < 1.29 is 35.5 Å². The average molecular weight is 412 g/mol. The first-order chi connectivity index (χ1) is 13.6. The molecule has 0 spiro atoms. The van der Waals surface area contributed by atoms with Crippen molar-refractivity contribution in [1.29, 1.82) is 0 Å². The number of aryl methyl sites for hydroxylation is 1. The summed E-state index contributed by atoms with van der Waals surface area (Å²) in [6, 6.07) is 6.44. The molecule has 0 amide bonds. The number of ether oxygens (including phenoxy) is 1. The van der Waals surface area contributed by atoms with Gasteiger partial charge in [0.05, 0.1) is 5.56 Å². The van der Waals surface area contributed by atoms with Gasteiger partial charge in [0, 0.05) is 10.9 Å². The van der Waals surface area contributed by atoms with Crippen LogP contribution in [0.15, 0.2) is 36.4 Å². The largest absolute Gasteiger partial charge is 0.573 e. The van der Waals surface area contributed by atoms with E-state index in [0.717, 1.165) is 18.2 Å². The molecule has 29 heavy (non-hydrogen) atoms. The van der Waals surface area contributed by atoms with Gasteiger partial charge in [0.25, 0.3) is 0 Å². The Balaban J connectivity index is 2.03. The van der Waals surface area contributed by atoms with Gasteiger partial charge >= 0.3 is 6.36 Å². The molecule has 150 valence electrons. The topological polar surface area (TPSA) is 9.23 Å². The molecule has 3 rings (SSSR count). The summed E-state index contributed by atoms with van der Waals surface area (Å²) in [6.45, 7) is 1.73. The third-order valence-corrected chi connectivity index (χ3v) is 4.05. The maximum Gasteiger partial charge on any atom is 0.573 e. The van der Waals surface area contributed by atoms with E-state index in [2.05, 4.69) is 16.6 Å². The van der Waals surface area contributed by atoms with Crippen LogP contribution in [0.2, 0.25) is 0 Å². The number of benzene rings is 3. The Morgan fingerprint density at radius 1 is 0.862 bits per heavy atom. The predicted molar refractivity (Wildman–Crippen MR) is 92.3 cm³/mol. The minimum atomic E-state index is -5.26. The number of hydrogen-bond donors (Lipinski definition) is 0. The number of hydrogen-bond acceptors (Lipinski definition) is 1. The van der Waals surface area contributed by atoms with Gasteiger partial charge in [0.1, 0.15) is 11.6 Å². The monoisotopic (exact) mass is 412 g/mol. The van der Waals surface area contributed by atoms with Gasteiger partial charge in [0.2, 0.25) is 5.75 Å². The van der Waals surface area contributed by atoms with Crippen LogP contribution in [0.25, 0.3) is 10.8 Å². The van der Waals surface area contributed by atoms with Gasteiger partial charge in [-0.05, 0) is 47.7 Å². The highest BCUT2D eigenvalue weighted by atomic mass is 19.4. The lowest BCUT2D eigenvalue weighted by atomic mass is 10.0. The van der Waals surface area contributed by atoms with Crippen LogP contribution in [0.4, 0.5) is 30.7 Å². The molecule has 3 aromatic carbocycles. The summed E-state index contributed by atoms with van der Waals surface area (Å²) >= 11 is 0. The quantitative estimate of drug-likeness (QED) is 0.357. The van der Waals surface area contributed by atoms with E-state index in [4.69, 9.17) is 0 Å². The van der Waals surface area contributed by atoms with Gasteiger partial charge in [-0.3, -0.25) is 0 Å². The second-order valence-corrected chi connectivity index (χ2v) is 6.02. The summed E-state index contributed by atoms with van der Waals surface area (Å²) < 4.78 is 96.4. The fraction of sp³-hybridized carbons (Fsp3) is 0.143. The highest BCUT2D eigenvalue weighted by Gasteiger charge is 2.34. The van der Waals surface area contributed by atoms with E-state index in [1.54, 1.807) is 6.92 Å². The Labute approximate surface area is 160 Å². The first-order valence-electron chi connectivity index (χ1n) is 8.26. The Morgan fingerprint density at radius 2 is 1.52 bits per heavy atom. The van der Waals surface area contributed by atoms with Crippen LogP contribution in [0.1, 0.15) is 23.6 Å². The van der Waals surface area contributed by atoms with E-state index in [9.17, 15) is 30.7 Å². The van der Waals surface area contributed by atoms with Crippen LogP contribution >= 0.6 is 0 Å². The van der Waals surface area contributed by atoms with E-state index in [1.807, 2.05) is 0 Å². The molecule has 0 aromatic heterocycles. The maximum absolute atomic E-state index is 14.2. The Hall–Kier alpha value is -3.21. The van der Waals surface area contributed by atoms with Gasteiger partial charge in [-0.2, -0.15) is 0 Å². The molecule has 0 radical (unpaired) electrons. The fourth-order valence-corrected chi connectivity index (χ4v) is 2.68. The van der Waals surface area contributed by atoms with Gasteiger partial charge in [-0.15, -0.1) is 13.2 Å². The molecule has 0 aliphatic rings. The average Bonchev–Trinajstić information content (AvgIpc) is 2.63. The van der Waals surface area contributed by atoms with Crippen LogP contribution in [-0.2, 0) is 6.42 Å². The second-order valence-electron chi connectivity index (χ2n) is 6.02. The molecule has 0 aliphatic carbocycles. The molecule has 0 saturated carbocycles. The Kier molecular flexibility index (Phi) is 5.42. The molecule has 0 fully saturated rings. The fourth-order valence-electron chi connectivity index (χ4n) is 2.68. The third-order valence-electron chi connectivity index (χ3n) is 4.05. The standard InChI is InChI=1S/C21H11F7O/c1-2-11-8-16(22)15(17(23)9-11)6-4-12-3-5-14-13(7-12)10-18(24)20(19(14)25)29-21(26,27)28/h3,5,7-10H,2H2,1H3. The number of fused-ring (bicyclic) bond motifs is 1. The smallest absolute Gasteiger partial charge is 0.399 e. The molecule has 3 aromatic rings. The van der Waals surface area contributed by atoms with E-state index >= 15 is 0 Å². The number of alkyl halides is 3. The molecule has 1 nitrogen and oxygen atoms in total. The molecule has 0 unspecified atom stereocenters. The molecular weight excluding hydrogens is 401 g/mol. The van der Waals surface area contributed by atoms with Crippen molar-refractivity contribution in [2.75, 3.05) is 0 Å². The third kappa shape index (κ3) is 4.45. The molecule has 0 saturated heterocycles. The van der Waals surface area contributed by atoms with Crippen molar-refractivity contribution >= 4 is 10.8 Å². The lowest BCUT2D eigenvalue weighted by molar-refractivity contribution is -0.276. The first kappa shape index (κ1) is 20.5. The van der Waals surface area contributed by atoms with Crippen LogP contribution in [0, 0.1) is 35.1 Å². The Morgan fingerprint density at radius 3 is 2.10 bits per heavy atom. The molecule has 8 heteroatoms. The van der Waals surface area contributed by atoms with Gasteiger partial charge in [-0.1, -0.05) is 24.8 Å².